The molecule has 0 unspecified atom stereocenters. The number of benzene rings is 2. The van der Waals surface area contributed by atoms with Crippen LogP contribution >= 0.6 is 0 Å². The lowest BCUT2D eigenvalue weighted by molar-refractivity contribution is -0.433. The van der Waals surface area contributed by atoms with Crippen LogP contribution in [0.2, 0.25) is 0 Å². The van der Waals surface area contributed by atoms with E-state index in [0.29, 0.717) is 4.43 Å². The number of carboxylic acids is 1. The predicted molar refractivity (Wildman–Crippen MR) is 67.4 cm³/mol. The van der Waals surface area contributed by atoms with Crippen LogP contribution in [0.15, 0.2) is 34.7 Å². The van der Waals surface area contributed by atoms with Crippen molar-refractivity contribution in [1.29, 1.82) is 0 Å². The SMILES string of the molecule is O=C(O)c1c(O)ccc2c1oc1cc(O)ccc1[n+]2=O. The molecule has 3 aromatic rings. The maximum Gasteiger partial charge on any atom is 0.343 e. The van der Waals surface area contributed by atoms with Crippen molar-refractivity contribution in [2.45, 2.75) is 0 Å². The summed E-state index contributed by atoms with van der Waals surface area (Å²) in [5.74, 6) is -2.05. The third kappa shape index (κ3) is 1.57. The van der Waals surface area contributed by atoms with Crippen molar-refractivity contribution in [1.82, 2.24) is 0 Å². The van der Waals surface area contributed by atoms with E-state index < -0.39 is 17.3 Å². The van der Waals surface area contributed by atoms with Gasteiger partial charge < -0.3 is 19.7 Å². The molecule has 0 amide bonds. The van der Waals surface area contributed by atoms with Crippen molar-refractivity contribution in [3.63, 3.8) is 0 Å². The standard InChI is InChI=1S/C13H7NO6/c15-6-1-2-7-10(5-6)20-12-8(14(7)19)3-4-9(16)11(12)13(17)18/h1-5H,(H2-,15,16,17,18,19)/p+1. The van der Waals surface area contributed by atoms with Crippen LogP contribution in [0.3, 0.4) is 0 Å². The van der Waals surface area contributed by atoms with E-state index in [1.54, 1.807) is 0 Å². The molecule has 0 saturated carbocycles. The zero-order chi connectivity index (χ0) is 14.4. The lowest BCUT2D eigenvalue weighted by Crippen LogP contribution is -2.17. The Bertz CT molecular complexity index is 927. The number of aromatic nitrogens is 1. The van der Waals surface area contributed by atoms with Gasteiger partial charge in [-0.05, 0) is 12.1 Å². The Morgan fingerprint density at radius 1 is 1.10 bits per heavy atom. The molecule has 2 aromatic carbocycles. The number of carbonyl (C=O) groups is 1. The van der Waals surface area contributed by atoms with E-state index in [1.165, 1.54) is 24.3 Å². The van der Waals surface area contributed by atoms with Gasteiger partial charge in [-0.25, -0.2) is 4.79 Å². The molecule has 3 rings (SSSR count). The summed E-state index contributed by atoms with van der Waals surface area (Å²) in [6, 6.07) is 6.24. The molecule has 0 atom stereocenters. The highest BCUT2D eigenvalue weighted by atomic mass is 16.4. The van der Waals surface area contributed by atoms with E-state index in [4.69, 9.17) is 9.52 Å². The fourth-order valence-corrected chi connectivity index (χ4v) is 2.02. The number of rotatable bonds is 1. The number of hydrogen-bond donors (Lipinski definition) is 3. The van der Waals surface area contributed by atoms with Crippen LogP contribution in [-0.2, 0) is 0 Å². The molecule has 7 heteroatoms. The number of carboxylic acid groups (broad SMARTS) is 1. The summed E-state index contributed by atoms with van der Waals surface area (Å²) < 4.78 is 5.85. The maximum atomic E-state index is 12.2. The molecule has 20 heavy (non-hydrogen) atoms. The first-order valence-corrected chi connectivity index (χ1v) is 5.56. The highest BCUT2D eigenvalue weighted by Gasteiger charge is 2.24. The topological polar surface area (TPSA) is 114 Å². The summed E-state index contributed by atoms with van der Waals surface area (Å²) in [6.45, 7) is 0. The first-order chi connectivity index (χ1) is 9.49. The van der Waals surface area contributed by atoms with E-state index in [0.717, 1.165) is 6.07 Å². The summed E-state index contributed by atoms with van der Waals surface area (Å²) in [4.78, 5) is 23.4. The second-order valence-corrected chi connectivity index (χ2v) is 4.16. The average molecular weight is 274 g/mol. The van der Waals surface area contributed by atoms with Crippen LogP contribution in [0.1, 0.15) is 10.4 Å². The zero-order valence-corrected chi connectivity index (χ0v) is 9.90. The third-order valence-electron chi connectivity index (χ3n) is 2.92. The summed E-state index contributed by atoms with van der Waals surface area (Å²) in [7, 11) is 0. The van der Waals surface area contributed by atoms with Gasteiger partial charge in [0.15, 0.2) is 5.56 Å². The van der Waals surface area contributed by atoms with E-state index in [2.05, 4.69) is 0 Å². The number of phenols is 2. The van der Waals surface area contributed by atoms with Crippen LogP contribution in [-0.4, -0.2) is 21.3 Å². The van der Waals surface area contributed by atoms with Crippen LogP contribution in [0.4, 0.5) is 0 Å². The number of nitrogens with zero attached hydrogens (tertiary/aromatic N) is 1. The van der Waals surface area contributed by atoms with Crippen LogP contribution in [0, 0.1) is 4.91 Å². The normalized spacial score (nSPS) is 11.0. The fourth-order valence-electron chi connectivity index (χ4n) is 2.02. The average Bonchev–Trinajstić information content (AvgIpc) is 2.37. The van der Waals surface area contributed by atoms with E-state index in [-0.39, 0.29) is 27.9 Å². The van der Waals surface area contributed by atoms with Crippen LogP contribution < -0.4 is 4.43 Å². The third-order valence-corrected chi connectivity index (χ3v) is 2.92. The van der Waals surface area contributed by atoms with Gasteiger partial charge in [0.2, 0.25) is 11.2 Å². The molecule has 1 aromatic heterocycles. The van der Waals surface area contributed by atoms with Gasteiger partial charge in [0.1, 0.15) is 11.5 Å². The summed E-state index contributed by atoms with van der Waals surface area (Å²) in [6.07, 6.45) is 0. The predicted octanol–water partition coefficient (Wildman–Crippen LogP) is 1.61. The molecule has 0 spiro atoms. The van der Waals surface area contributed by atoms with Crippen molar-refractivity contribution in [2.75, 3.05) is 0 Å². The molecule has 0 bridgehead atoms. The van der Waals surface area contributed by atoms with Gasteiger partial charge in [0.05, 0.1) is 4.43 Å². The number of hydrogen-bond acceptors (Lipinski definition) is 5. The monoisotopic (exact) mass is 274 g/mol. The Balaban J connectivity index is 2.60. The van der Waals surface area contributed by atoms with Crippen molar-refractivity contribution < 1.29 is 29.0 Å². The highest BCUT2D eigenvalue weighted by Crippen LogP contribution is 2.28. The van der Waals surface area contributed by atoms with E-state index in [1.807, 2.05) is 0 Å². The second-order valence-electron chi connectivity index (χ2n) is 4.16. The fraction of sp³-hybridized carbons (Fsp3) is 0. The Hall–Kier alpha value is -3.09. The number of aromatic hydroxyl groups is 2. The second kappa shape index (κ2) is 3.95. The van der Waals surface area contributed by atoms with Gasteiger partial charge in [-0.1, -0.05) is 0 Å². The Morgan fingerprint density at radius 3 is 2.50 bits per heavy atom. The minimum Gasteiger partial charge on any atom is -0.508 e. The van der Waals surface area contributed by atoms with Gasteiger partial charge >= 0.3 is 17.0 Å². The largest absolute Gasteiger partial charge is 0.508 e. The Labute approximate surface area is 110 Å². The number of phenolic OH excluding ortho intramolecular Hbond substituents is 1. The molecule has 100 valence electrons. The molecular weight excluding hydrogens is 266 g/mol. The van der Waals surface area contributed by atoms with Gasteiger partial charge in [0, 0.05) is 23.1 Å². The quantitative estimate of drug-likeness (QED) is 0.459. The van der Waals surface area contributed by atoms with E-state index >= 15 is 0 Å². The maximum absolute atomic E-state index is 12.2. The summed E-state index contributed by atoms with van der Waals surface area (Å²) in [5, 5.41) is 28.1. The molecule has 0 saturated heterocycles. The van der Waals surface area contributed by atoms with E-state index in [9.17, 15) is 19.9 Å². The first-order valence-electron chi connectivity index (χ1n) is 5.56. The molecular formula is C13H8NO6+. The van der Waals surface area contributed by atoms with Gasteiger partial charge in [-0.2, -0.15) is 0 Å². The summed E-state index contributed by atoms with van der Waals surface area (Å²) in [5.41, 5.74) is -0.640. The zero-order valence-electron chi connectivity index (χ0n) is 9.90. The molecule has 0 aliphatic carbocycles. The first kappa shape index (κ1) is 12.0. The van der Waals surface area contributed by atoms with Crippen molar-refractivity contribution in [2.24, 2.45) is 0 Å². The minimum absolute atomic E-state index is 0.0144. The smallest absolute Gasteiger partial charge is 0.343 e. The van der Waals surface area contributed by atoms with Crippen molar-refractivity contribution >= 4 is 28.2 Å². The molecule has 0 radical (unpaired) electrons. The van der Waals surface area contributed by atoms with Gasteiger partial charge in [-0.3, -0.25) is 0 Å². The molecule has 1 heterocycles. The van der Waals surface area contributed by atoms with Gasteiger partial charge in [-0.15, -0.1) is 0 Å². The van der Waals surface area contributed by atoms with Crippen LogP contribution in [0.5, 0.6) is 11.5 Å². The highest BCUT2D eigenvalue weighted by molar-refractivity contribution is 6.02. The summed E-state index contributed by atoms with van der Waals surface area (Å²) >= 11 is 0. The number of fused-ring (bicyclic) bond motifs is 2. The molecule has 7 nitrogen and oxygen atoms in total. The van der Waals surface area contributed by atoms with Crippen LogP contribution in [0.25, 0.3) is 22.2 Å². The molecule has 0 aliphatic rings. The Morgan fingerprint density at radius 2 is 1.80 bits per heavy atom. The Kier molecular flexibility index (Phi) is 2.37. The lowest BCUT2D eigenvalue weighted by Gasteiger charge is -2.01. The number of aromatic carboxylic acids is 1. The molecule has 0 aliphatic heterocycles. The minimum atomic E-state index is -1.42. The van der Waals surface area contributed by atoms with Crippen molar-refractivity contribution in [3.8, 4) is 11.5 Å². The van der Waals surface area contributed by atoms with Gasteiger partial charge in [0.25, 0.3) is 0 Å². The molecule has 0 fully saturated rings. The molecule has 3 N–H and O–H groups in total. The lowest BCUT2D eigenvalue weighted by atomic mass is 10.1. The van der Waals surface area contributed by atoms with Crippen molar-refractivity contribution in [3.05, 3.63) is 40.8 Å².